The molecule has 7 nitrogen and oxygen atoms in total. The Hall–Kier alpha value is -3.75. The highest BCUT2D eigenvalue weighted by Crippen LogP contribution is 2.45. The number of carbonyl (C=O) groups excluding carboxylic acids is 2. The Bertz CT molecular complexity index is 1480. The number of anilines is 1. The van der Waals surface area contributed by atoms with Crippen molar-refractivity contribution in [1.29, 1.82) is 0 Å². The maximum Gasteiger partial charge on any atom is 0.301 e. The first kappa shape index (κ1) is 24.0. The molecule has 182 valence electrons. The smallest absolute Gasteiger partial charge is 0.301 e. The molecule has 2 aromatic carbocycles. The number of amides is 1. The van der Waals surface area contributed by atoms with Gasteiger partial charge in [0, 0.05) is 23.0 Å². The zero-order valence-electron chi connectivity index (χ0n) is 19.3. The molecule has 0 bridgehead atoms. The standard InChI is InChI=1S/C27H22ClN3O4S/c1-2-3-13-35-19-6-4-5-17(14-19)23-22(24(32)16-9-11-29-12-10-16)25(33)26(34)31(23)27-30-20-8-7-18(28)15-21(20)36-27/h4-12,14-15,23,32H,2-3,13H2,1H3. The van der Waals surface area contributed by atoms with Crippen LogP contribution in [0.3, 0.4) is 0 Å². The van der Waals surface area contributed by atoms with Gasteiger partial charge in [0.05, 0.1) is 28.4 Å². The fourth-order valence-corrected chi connectivity index (χ4v) is 5.38. The summed E-state index contributed by atoms with van der Waals surface area (Å²) in [6.07, 6.45) is 4.92. The Labute approximate surface area is 216 Å². The lowest BCUT2D eigenvalue weighted by molar-refractivity contribution is -0.132. The van der Waals surface area contributed by atoms with Gasteiger partial charge >= 0.3 is 5.91 Å². The molecule has 2 aromatic heterocycles. The lowest BCUT2D eigenvalue weighted by Gasteiger charge is -2.23. The lowest BCUT2D eigenvalue weighted by Crippen LogP contribution is -2.29. The van der Waals surface area contributed by atoms with Crippen LogP contribution in [0, 0.1) is 0 Å². The summed E-state index contributed by atoms with van der Waals surface area (Å²) in [5.41, 5.74) is 1.65. The van der Waals surface area contributed by atoms with Gasteiger partial charge in [-0.2, -0.15) is 0 Å². The number of ether oxygens (including phenoxy) is 1. The molecule has 0 aliphatic carbocycles. The number of rotatable bonds is 7. The molecule has 1 N–H and O–H groups in total. The molecule has 0 saturated carbocycles. The first-order valence-corrected chi connectivity index (χ1v) is 12.7. The van der Waals surface area contributed by atoms with Gasteiger partial charge in [-0.15, -0.1) is 0 Å². The van der Waals surface area contributed by atoms with Gasteiger partial charge in [-0.05, 0) is 54.4 Å². The van der Waals surface area contributed by atoms with E-state index in [0.717, 1.165) is 17.5 Å². The van der Waals surface area contributed by atoms with Crippen molar-refractivity contribution in [2.24, 2.45) is 0 Å². The number of benzene rings is 2. The third-order valence-electron chi connectivity index (χ3n) is 5.88. The molecule has 9 heteroatoms. The second-order valence-electron chi connectivity index (χ2n) is 8.29. The molecule has 36 heavy (non-hydrogen) atoms. The highest BCUT2D eigenvalue weighted by Gasteiger charge is 2.48. The molecule has 0 radical (unpaired) electrons. The number of aliphatic hydroxyl groups is 1. The van der Waals surface area contributed by atoms with Crippen LogP contribution in [0.1, 0.15) is 36.9 Å². The summed E-state index contributed by atoms with van der Waals surface area (Å²) >= 11 is 7.41. The predicted octanol–water partition coefficient (Wildman–Crippen LogP) is 6.15. The third-order valence-corrected chi connectivity index (χ3v) is 7.14. The van der Waals surface area contributed by atoms with E-state index in [1.165, 1.54) is 28.6 Å². The maximum atomic E-state index is 13.4. The molecule has 1 aliphatic heterocycles. The largest absolute Gasteiger partial charge is 0.507 e. The van der Waals surface area contributed by atoms with Crippen LogP contribution >= 0.6 is 22.9 Å². The second kappa shape index (κ2) is 10.1. The van der Waals surface area contributed by atoms with Gasteiger partial charge in [-0.25, -0.2) is 4.98 Å². The average Bonchev–Trinajstić information content (AvgIpc) is 3.42. The van der Waals surface area contributed by atoms with Gasteiger partial charge in [-0.3, -0.25) is 19.5 Å². The Balaban J connectivity index is 1.67. The molecule has 1 unspecified atom stereocenters. The number of aliphatic hydroxyl groups excluding tert-OH is 1. The van der Waals surface area contributed by atoms with Gasteiger partial charge in [0.15, 0.2) is 5.13 Å². The van der Waals surface area contributed by atoms with E-state index in [2.05, 4.69) is 16.9 Å². The number of aromatic nitrogens is 2. The number of carbonyl (C=O) groups is 2. The van der Waals surface area contributed by atoms with Crippen LogP contribution in [0.5, 0.6) is 5.75 Å². The van der Waals surface area contributed by atoms with Gasteiger partial charge in [0.25, 0.3) is 5.78 Å². The van der Waals surface area contributed by atoms with E-state index >= 15 is 0 Å². The van der Waals surface area contributed by atoms with Crippen LogP contribution in [0.25, 0.3) is 16.0 Å². The number of Topliss-reactive ketones (excluding diaryl/α,β-unsaturated/α-hetero) is 1. The van der Waals surface area contributed by atoms with Crippen LogP contribution in [-0.4, -0.2) is 33.4 Å². The molecular weight excluding hydrogens is 498 g/mol. The van der Waals surface area contributed by atoms with Gasteiger partial charge in [0.2, 0.25) is 0 Å². The van der Waals surface area contributed by atoms with Crippen molar-refractivity contribution < 1.29 is 19.4 Å². The summed E-state index contributed by atoms with van der Waals surface area (Å²) < 4.78 is 6.66. The number of nitrogens with zero attached hydrogens (tertiary/aromatic N) is 3. The van der Waals surface area contributed by atoms with Crippen LogP contribution in [-0.2, 0) is 9.59 Å². The molecule has 5 rings (SSSR count). The highest BCUT2D eigenvalue weighted by atomic mass is 35.5. The zero-order valence-corrected chi connectivity index (χ0v) is 20.9. The van der Waals surface area contributed by atoms with E-state index in [-0.39, 0.29) is 11.3 Å². The summed E-state index contributed by atoms with van der Waals surface area (Å²) in [7, 11) is 0. The van der Waals surface area contributed by atoms with Crippen LogP contribution < -0.4 is 9.64 Å². The summed E-state index contributed by atoms with van der Waals surface area (Å²) in [5, 5.41) is 12.1. The molecule has 0 spiro atoms. The van der Waals surface area contributed by atoms with Crippen molar-refractivity contribution in [1.82, 2.24) is 9.97 Å². The van der Waals surface area contributed by atoms with E-state index in [0.29, 0.717) is 39.2 Å². The van der Waals surface area contributed by atoms with Crippen molar-refractivity contribution in [3.05, 3.63) is 88.7 Å². The number of ketones is 1. The van der Waals surface area contributed by atoms with Crippen molar-refractivity contribution in [2.75, 3.05) is 11.5 Å². The lowest BCUT2D eigenvalue weighted by atomic mass is 9.95. The molecule has 1 aliphatic rings. The molecule has 1 atom stereocenters. The van der Waals surface area contributed by atoms with Crippen LogP contribution in [0.4, 0.5) is 5.13 Å². The molecule has 1 amide bonds. The van der Waals surface area contributed by atoms with Crippen molar-refractivity contribution >= 4 is 55.7 Å². The minimum atomic E-state index is -0.899. The van der Waals surface area contributed by atoms with Crippen LogP contribution in [0.2, 0.25) is 5.02 Å². The quantitative estimate of drug-likeness (QED) is 0.136. The molecule has 3 heterocycles. The molecular formula is C27H22ClN3O4S. The fraction of sp³-hybridized carbons (Fsp3) is 0.185. The van der Waals surface area contributed by atoms with E-state index in [1.807, 2.05) is 6.07 Å². The highest BCUT2D eigenvalue weighted by molar-refractivity contribution is 7.22. The Morgan fingerprint density at radius 2 is 1.94 bits per heavy atom. The summed E-state index contributed by atoms with van der Waals surface area (Å²) in [6.45, 7) is 2.63. The van der Waals surface area contributed by atoms with E-state index in [4.69, 9.17) is 16.3 Å². The topological polar surface area (TPSA) is 92.6 Å². The number of fused-ring (bicyclic) bond motifs is 1. The number of unbranched alkanes of at least 4 members (excludes halogenated alkanes) is 1. The fourth-order valence-electron chi connectivity index (χ4n) is 4.11. The summed E-state index contributed by atoms with van der Waals surface area (Å²) in [5.74, 6) is -1.21. The molecule has 1 saturated heterocycles. The second-order valence-corrected chi connectivity index (χ2v) is 9.73. The van der Waals surface area contributed by atoms with E-state index in [9.17, 15) is 14.7 Å². The average molecular weight is 520 g/mol. The van der Waals surface area contributed by atoms with Crippen molar-refractivity contribution in [2.45, 2.75) is 25.8 Å². The summed E-state index contributed by atoms with van der Waals surface area (Å²) in [4.78, 5) is 36.7. The maximum absolute atomic E-state index is 13.4. The number of thiazole rings is 1. The van der Waals surface area contributed by atoms with E-state index < -0.39 is 17.7 Å². The first-order chi connectivity index (χ1) is 17.5. The number of hydrogen-bond acceptors (Lipinski definition) is 7. The predicted molar refractivity (Wildman–Crippen MR) is 140 cm³/mol. The number of pyridine rings is 1. The SMILES string of the molecule is CCCCOc1cccc(C2C(=C(O)c3ccncc3)C(=O)C(=O)N2c2nc3ccc(Cl)cc3s2)c1. The number of halogens is 1. The first-order valence-electron chi connectivity index (χ1n) is 11.5. The number of hydrogen-bond donors (Lipinski definition) is 1. The van der Waals surface area contributed by atoms with Crippen LogP contribution in [0.15, 0.2) is 72.6 Å². The Morgan fingerprint density at radius 1 is 1.14 bits per heavy atom. The van der Waals surface area contributed by atoms with Crippen molar-refractivity contribution in [3.8, 4) is 5.75 Å². The van der Waals surface area contributed by atoms with Gasteiger partial charge in [-0.1, -0.05) is 48.4 Å². The molecule has 1 fully saturated rings. The minimum Gasteiger partial charge on any atom is -0.507 e. The Morgan fingerprint density at radius 3 is 2.72 bits per heavy atom. The van der Waals surface area contributed by atoms with Gasteiger partial charge in [0.1, 0.15) is 11.5 Å². The third kappa shape index (κ3) is 4.45. The zero-order chi connectivity index (χ0) is 25.2. The van der Waals surface area contributed by atoms with Crippen molar-refractivity contribution in [3.63, 3.8) is 0 Å². The summed E-state index contributed by atoms with van der Waals surface area (Å²) in [6, 6.07) is 14.8. The molecule has 4 aromatic rings. The van der Waals surface area contributed by atoms with Gasteiger partial charge < -0.3 is 9.84 Å². The minimum absolute atomic E-state index is 0.0193. The normalized spacial score (nSPS) is 17.2. The van der Waals surface area contributed by atoms with E-state index in [1.54, 1.807) is 48.5 Å². The monoisotopic (exact) mass is 519 g/mol. The Kier molecular flexibility index (Phi) is 6.71.